The van der Waals surface area contributed by atoms with Gasteiger partial charge in [0.2, 0.25) is 0 Å². The number of rotatable bonds is 3. The summed E-state index contributed by atoms with van der Waals surface area (Å²) >= 11 is 6.62. The summed E-state index contributed by atoms with van der Waals surface area (Å²) in [5.41, 5.74) is 1.71. The number of hydrogen-bond donors (Lipinski definition) is 0. The highest BCUT2D eigenvalue weighted by Gasteiger charge is 2.11. The van der Waals surface area contributed by atoms with Crippen molar-refractivity contribution >= 4 is 31.9 Å². The summed E-state index contributed by atoms with van der Waals surface area (Å²) in [4.78, 5) is -0.0399. The van der Waals surface area contributed by atoms with Crippen LogP contribution < -0.4 is 0 Å². The van der Waals surface area contributed by atoms with E-state index in [1.165, 1.54) is 18.2 Å². The summed E-state index contributed by atoms with van der Waals surface area (Å²) in [6, 6.07) is 11.4. The van der Waals surface area contributed by atoms with Crippen molar-refractivity contribution in [2.24, 2.45) is 0 Å². The summed E-state index contributed by atoms with van der Waals surface area (Å²) in [6.07, 6.45) is 0.610. The monoisotopic (exact) mass is 374 g/mol. The molecule has 1 unspecified atom stereocenters. The maximum absolute atomic E-state index is 13.4. The van der Waals surface area contributed by atoms with Crippen LogP contribution in [0.1, 0.15) is 16.0 Å². The molecule has 94 valence electrons. The quantitative estimate of drug-likeness (QED) is 0.629. The lowest BCUT2D eigenvalue weighted by atomic mass is 10.0. The molecule has 0 aliphatic carbocycles. The third-order valence-electron chi connectivity index (χ3n) is 2.61. The van der Waals surface area contributed by atoms with E-state index in [-0.39, 0.29) is 16.5 Å². The Morgan fingerprint density at radius 3 is 2.50 bits per heavy atom. The fourth-order valence-corrected chi connectivity index (χ4v) is 2.60. The van der Waals surface area contributed by atoms with E-state index in [1.54, 1.807) is 12.1 Å². The molecule has 2 aromatic rings. The molecule has 0 amide bonds. The van der Waals surface area contributed by atoms with Crippen molar-refractivity contribution in [3.05, 3.63) is 69.7 Å². The maximum atomic E-state index is 13.4. The van der Waals surface area contributed by atoms with Gasteiger partial charge in [-0.25, -0.2) is 8.78 Å². The van der Waals surface area contributed by atoms with Gasteiger partial charge in [0.15, 0.2) is 0 Å². The molecule has 0 saturated heterocycles. The van der Waals surface area contributed by atoms with Crippen LogP contribution in [0.15, 0.2) is 46.9 Å². The fourth-order valence-electron chi connectivity index (χ4n) is 1.70. The zero-order chi connectivity index (χ0) is 13.1. The van der Waals surface area contributed by atoms with Gasteiger partial charge in [0.25, 0.3) is 0 Å². The Balaban J connectivity index is 2.16. The first-order valence-corrected chi connectivity index (χ1v) is 7.10. The van der Waals surface area contributed by atoms with Gasteiger partial charge in [0, 0.05) is 4.83 Å². The van der Waals surface area contributed by atoms with E-state index >= 15 is 0 Å². The van der Waals surface area contributed by atoms with Crippen LogP contribution in [0.3, 0.4) is 0 Å². The molecule has 4 heteroatoms. The molecule has 0 N–H and O–H groups in total. The van der Waals surface area contributed by atoms with Gasteiger partial charge in [-0.1, -0.05) is 34.1 Å². The van der Waals surface area contributed by atoms with Crippen LogP contribution in [-0.2, 0) is 6.42 Å². The molecule has 0 spiro atoms. The van der Waals surface area contributed by atoms with Gasteiger partial charge < -0.3 is 0 Å². The number of benzene rings is 2. The first kappa shape index (κ1) is 13.7. The lowest BCUT2D eigenvalue weighted by molar-refractivity contribution is 0.617. The van der Waals surface area contributed by atoms with Crippen LogP contribution in [0.2, 0.25) is 0 Å². The molecule has 0 nitrogen and oxygen atoms in total. The van der Waals surface area contributed by atoms with Crippen molar-refractivity contribution in [1.29, 1.82) is 0 Å². The minimum absolute atomic E-state index is 0.0399. The van der Waals surface area contributed by atoms with Crippen LogP contribution in [-0.4, -0.2) is 0 Å². The number of halogens is 4. The molecule has 0 fully saturated rings. The van der Waals surface area contributed by atoms with Gasteiger partial charge in [0.1, 0.15) is 11.6 Å². The summed E-state index contributed by atoms with van der Waals surface area (Å²) < 4.78 is 26.9. The summed E-state index contributed by atoms with van der Waals surface area (Å²) in [7, 11) is 0. The second-order valence-electron chi connectivity index (χ2n) is 3.98. The van der Waals surface area contributed by atoms with Crippen LogP contribution >= 0.6 is 31.9 Å². The first-order valence-electron chi connectivity index (χ1n) is 5.40. The highest BCUT2D eigenvalue weighted by Crippen LogP contribution is 2.29. The Kier molecular flexibility index (Phi) is 4.51. The molecular formula is C14H10Br2F2. The van der Waals surface area contributed by atoms with E-state index in [4.69, 9.17) is 0 Å². The SMILES string of the molecule is Fc1cccc(CC(Br)c2ccc(Br)c(F)c2)c1. The Hall–Kier alpha value is -0.740. The van der Waals surface area contributed by atoms with Crippen molar-refractivity contribution in [2.75, 3.05) is 0 Å². The molecule has 2 rings (SSSR count). The number of alkyl halides is 1. The number of hydrogen-bond acceptors (Lipinski definition) is 0. The zero-order valence-electron chi connectivity index (χ0n) is 9.34. The summed E-state index contributed by atoms with van der Waals surface area (Å²) in [6.45, 7) is 0. The van der Waals surface area contributed by atoms with Crippen molar-refractivity contribution in [1.82, 2.24) is 0 Å². The molecule has 0 heterocycles. The minimum Gasteiger partial charge on any atom is -0.207 e. The summed E-state index contributed by atoms with van der Waals surface area (Å²) in [5, 5.41) is 0. The molecule has 0 radical (unpaired) electrons. The summed E-state index contributed by atoms with van der Waals surface area (Å²) in [5.74, 6) is -0.551. The van der Waals surface area contributed by atoms with Crippen LogP contribution in [0.25, 0.3) is 0 Å². The van der Waals surface area contributed by atoms with E-state index < -0.39 is 0 Å². The Bertz CT molecular complexity index is 555. The average molecular weight is 376 g/mol. The predicted molar refractivity (Wildman–Crippen MR) is 75.9 cm³/mol. The molecule has 0 aliphatic heterocycles. The highest BCUT2D eigenvalue weighted by molar-refractivity contribution is 9.10. The molecule has 0 aromatic heterocycles. The second kappa shape index (κ2) is 5.93. The highest BCUT2D eigenvalue weighted by atomic mass is 79.9. The Morgan fingerprint density at radius 1 is 1.06 bits per heavy atom. The third kappa shape index (κ3) is 3.39. The Labute approximate surface area is 121 Å². The van der Waals surface area contributed by atoms with Gasteiger partial charge in [-0.3, -0.25) is 0 Å². The van der Waals surface area contributed by atoms with E-state index in [0.717, 1.165) is 11.1 Å². The van der Waals surface area contributed by atoms with Gasteiger partial charge >= 0.3 is 0 Å². The van der Waals surface area contributed by atoms with E-state index in [1.807, 2.05) is 12.1 Å². The van der Waals surface area contributed by atoms with Gasteiger partial charge in [-0.2, -0.15) is 0 Å². The molecule has 1 atom stereocenters. The van der Waals surface area contributed by atoms with E-state index in [9.17, 15) is 8.78 Å². The molecule has 0 bridgehead atoms. The molecule has 0 aliphatic rings. The smallest absolute Gasteiger partial charge is 0.137 e. The molecule has 18 heavy (non-hydrogen) atoms. The van der Waals surface area contributed by atoms with Crippen molar-refractivity contribution in [3.63, 3.8) is 0 Å². The molecule has 0 saturated carbocycles. The topological polar surface area (TPSA) is 0 Å². The van der Waals surface area contributed by atoms with Crippen molar-refractivity contribution in [2.45, 2.75) is 11.2 Å². The fraction of sp³-hybridized carbons (Fsp3) is 0.143. The standard InChI is InChI=1S/C14H10Br2F2/c15-12-5-4-10(8-14(12)18)13(16)7-9-2-1-3-11(17)6-9/h1-6,8,13H,7H2. The van der Waals surface area contributed by atoms with Crippen LogP contribution in [0.5, 0.6) is 0 Å². The van der Waals surface area contributed by atoms with Crippen molar-refractivity contribution < 1.29 is 8.78 Å². The zero-order valence-corrected chi connectivity index (χ0v) is 12.5. The lowest BCUT2D eigenvalue weighted by Crippen LogP contribution is -1.97. The van der Waals surface area contributed by atoms with Crippen molar-refractivity contribution in [3.8, 4) is 0 Å². The third-order valence-corrected chi connectivity index (χ3v) is 4.10. The first-order chi connectivity index (χ1) is 8.56. The van der Waals surface area contributed by atoms with Crippen LogP contribution in [0.4, 0.5) is 8.78 Å². The van der Waals surface area contributed by atoms with Gasteiger partial charge in [-0.05, 0) is 57.7 Å². The van der Waals surface area contributed by atoms with Gasteiger partial charge in [0.05, 0.1) is 4.47 Å². The largest absolute Gasteiger partial charge is 0.207 e. The molecule has 2 aromatic carbocycles. The average Bonchev–Trinajstić information content (AvgIpc) is 2.32. The van der Waals surface area contributed by atoms with E-state index in [0.29, 0.717) is 10.9 Å². The second-order valence-corrected chi connectivity index (χ2v) is 5.93. The lowest BCUT2D eigenvalue weighted by Gasteiger charge is -2.11. The van der Waals surface area contributed by atoms with Gasteiger partial charge in [-0.15, -0.1) is 0 Å². The minimum atomic E-state index is -0.295. The van der Waals surface area contributed by atoms with E-state index in [2.05, 4.69) is 31.9 Å². The maximum Gasteiger partial charge on any atom is 0.137 e. The Morgan fingerprint density at radius 2 is 1.83 bits per heavy atom. The predicted octanol–water partition coefficient (Wildman–Crippen LogP) is 5.41. The molecular weight excluding hydrogens is 366 g/mol. The normalized spacial score (nSPS) is 12.4. The van der Waals surface area contributed by atoms with Crippen LogP contribution in [0, 0.1) is 11.6 Å².